The zero-order valence-corrected chi connectivity index (χ0v) is 12.1. The molecule has 20 heavy (non-hydrogen) atoms. The highest BCUT2D eigenvalue weighted by molar-refractivity contribution is 6.03. The molecule has 1 aliphatic carbocycles. The summed E-state index contributed by atoms with van der Waals surface area (Å²) in [7, 11) is 0. The first-order valence-corrected chi connectivity index (χ1v) is 7.42. The maximum atomic E-state index is 9.84. The summed E-state index contributed by atoms with van der Waals surface area (Å²) >= 11 is 0. The molecule has 2 unspecified atom stereocenters. The van der Waals surface area contributed by atoms with E-state index in [9.17, 15) is 5.11 Å². The van der Waals surface area contributed by atoms with E-state index < -0.39 is 0 Å². The van der Waals surface area contributed by atoms with Crippen LogP contribution < -0.4 is 5.84 Å². The van der Waals surface area contributed by atoms with Crippen LogP contribution in [-0.2, 0) is 0 Å². The molecule has 0 amide bonds. The summed E-state index contributed by atoms with van der Waals surface area (Å²) in [5, 5.41) is 13.9. The third kappa shape index (κ3) is 3.48. The highest BCUT2D eigenvalue weighted by Gasteiger charge is 2.24. The van der Waals surface area contributed by atoms with E-state index in [1.54, 1.807) is 0 Å². The quantitative estimate of drug-likeness (QED) is 0.376. The minimum Gasteiger partial charge on any atom is -0.393 e. The van der Waals surface area contributed by atoms with Crippen molar-refractivity contribution in [3.8, 4) is 0 Å². The fourth-order valence-corrected chi connectivity index (χ4v) is 3.03. The van der Waals surface area contributed by atoms with Gasteiger partial charge in [0.05, 0.1) is 11.8 Å². The number of benzene rings is 1. The molecule has 3 heteroatoms. The third-order valence-corrected chi connectivity index (χ3v) is 4.15. The van der Waals surface area contributed by atoms with Gasteiger partial charge in [-0.1, -0.05) is 42.0 Å². The molecule has 2 rings (SSSR count). The molecular weight excluding hydrogens is 248 g/mol. The summed E-state index contributed by atoms with van der Waals surface area (Å²) in [5.41, 5.74) is 3.41. The Bertz CT molecular complexity index is 479. The van der Waals surface area contributed by atoms with Gasteiger partial charge in [0.15, 0.2) is 0 Å². The van der Waals surface area contributed by atoms with Gasteiger partial charge in [0.2, 0.25) is 0 Å². The minimum atomic E-state index is -0.166. The fourth-order valence-electron chi connectivity index (χ4n) is 3.03. The zero-order chi connectivity index (χ0) is 14.4. The standard InChI is InChI=1S/C17H24N2O/c1-2-13-11-12-15(20)9-6-10-16(13)17(19-18)14-7-4-3-5-8-14/h2-5,7-8,15-16,20H,6,9-12,18H2,1H3/b13-2+,19-17-. The van der Waals surface area contributed by atoms with Gasteiger partial charge in [-0.05, 0) is 44.6 Å². The SMILES string of the molecule is C/C=C1\CCC(O)CCCC1/C(=N\N)c1ccccc1. The number of aliphatic hydroxyl groups excluding tert-OH is 1. The van der Waals surface area contributed by atoms with E-state index in [1.807, 2.05) is 18.2 Å². The van der Waals surface area contributed by atoms with Crippen LogP contribution in [0.2, 0.25) is 0 Å². The molecule has 0 saturated heterocycles. The fraction of sp³-hybridized carbons (Fsp3) is 0.471. The average molecular weight is 272 g/mol. The van der Waals surface area contributed by atoms with Crippen LogP contribution >= 0.6 is 0 Å². The van der Waals surface area contributed by atoms with Crippen LogP contribution in [0.25, 0.3) is 0 Å². The van der Waals surface area contributed by atoms with Gasteiger partial charge in [-0.2, -0.15) is 5.10 Å². The van der Waals surface area contributed by atoms with Crippen molar-refractivity contribution in [1.29, 1.82) is 0 Å². The van der Waals surface area contributed by atoms with E-state index in [0.29, 0.717) is 0 Å². The van der Waals surface area contributed by atoms with Crippen LogP contribution in [0.1, 0.15) is 44.6 Å². The molecule has 0 radical (unpaired) electrons. The lowest BCUT2D eigenvalue weighted by atomic mass is 9.80. The van der Waals surface area contributed by atoms with Crippen molar-refractivity contribution in [1.82, 2.24) is 0 Å². The van der Waals surface area contributed by atoms with Crippen LogP contribution in [0.15, 0.2) is 47.1 Å². The van der Waals surface area contributed by atoms with Crippen molar-refractivity contribution in [2.75, 3.05) is 0 Å². The maximum Gasteiger partial charge on any atom is 0.0743 e. The molecule has 1 saturated carbocycles. The second-order valence-corrected chi connectivity index (χ2v) is 5.42. The van der Waals surface area contributed by atoms with E-state index in [0.717, 1.165) is 43.4 Å². The lowest BCUT2D eigenvalue weighted by molar-refractivity contribution is 0.146. The first-order valence-electron chi connectivity index (χ1n) is 7.42. The Morgan fingerprint density at radius 3 is 2.65 bits per heavy atom. The Morgan fingerprint density at radius 2 is 2.00 bits per heavy atom. The second-order valence-electron chi connectivity index (χ2n) is 5.42. The molecule has 2 atom stereocenters. The van der Waals surface area contributed by atoms with Gasteiger partial charge in [0.25, 0.3) is 0 Å². The van der Waals surface area contributed by atoms with Crippen molar-refractivity contribution in [3.05, 3.63) is 47.5 Å². The highest BCUT2D eigenvalue weighted by atomic mass is 16.3. The summed E-state index contributed by atoms with van der Waals surface area (Å²) in [6.07, 6.45) is 6.64. The number of nitrogens with two attached hydrogens (primary N) is 1. The Morgan fingerprint density at radius 1 is 1.25 bits per heavy atom. The molecule has 1 aromatic carbocycles. The number of rotatable bonds is 2. The van der Waals surface area contributed by atoms with Crippen LogP contribution in [0.3, 0.4) is 0 Å². The van der Waals surface area contributed by atoms with Gasteiger partial charge in [-0.25, -0.2) is 0 Å². The van der Waals surface area contributed by atoms with Gasteiger partial charge in [-0.3, -0.25) is 0 Å². The Balaban J connectivity index is 2.27. The average Bonchev–Trinajstić information content (AvgIpc) is 2.47. The summed E-state index contributed by atoms with van der Waals surface area (Å²) in [4.78, 5) is 0. The van der Waals surface area contributed by atoms with Crippen molar-refractivity contribution in [2.45, 2.75) is 45.1 Å². The Kier molecular flexibility index (Phi) is 5.36. The first-order chi connectivity index (χ1) is 9.76. The van der Waals surface area contributed by atoms with Crippen LogP contribution in [-0.4, -0.2) is 16.9 Å². The van der Waals surface area contributed by atoms with Crippen molar-refractivity contribution >= 4 is 5.71 Å². The predicted molar refractivity (Wildman–Crippen MR) is 83.5 cm³/mol. The second kappa shape index (κ2) is 7.25. The maximum absolute atomic E-state index is 9.84. The summed E-state index contributed by atoms with van der Waals surface area (Å²) in [6, 6.07) is 10.2. The van der Waals surface area contributed by atoms with Gasteiger partial charge >= 0.3 is 0 Å². The Labute approximate surface area is 121 Å². The molecule has 0 spiro atoms. The molecule has 1 fully saturated rings. The normalized spacial score (nSPS) is 27.1. The largest absolute Gasteiger partial charge is 0.393 e. The van der Waals surface area contributed by atoms with Crippen molar-refractivity contribution in [2.24, 2.45) is 16.9 Å². The third-order valence-electron chi connectivity index (χ3n) is 4.15. The van der Waals surface area contributed by atoms with Crippen molar-refractivity contribution in [3.63, 3.8) is 0 Å². The molecule has 3 nitrogen and oxygen atoms in total. The predicted octanol–water partition coefficient (Wildman–Crippen LogP) is 3.24. The number of hydrogen-bond donors (Lipinski definition) is 2. The molecule has 0 aromatic heterocycles. The van der Waals surface area contributed by atoms with Gasteiger partial charge < -0.3 is 10.9 Å². The van der Waals surface area contributed by atoms with Crippen LogP contribution in [0.4, 0.5) is 0 Å². The molecule has 108 valence electrons. The lowest BCUT2D eigenvalue weighted by Crippen LogP contribution is -2.23. The number of hydrazone groups is 1. The lowest BCUT2D eigenvalue weighted by Gasteiger charge is -2.26. The van der Waals surface area contributed by atoms with Crippen molar-refractivity contribution < 1.29 is 5.11 Å². The minimum absolute atomic E-state index is 0.166. The monoisotopic (exact) mass is 272 g/mol. The smallest absolute Gasteiger partial charge is 0.0743 e. The topological polar surface area (TPSA) is 58.6 Å². The van der Waals surface area contributed by atoms with E-state index in [-0.39, 0.29) is 12.0 Å². The molecule has 3 N–H and O–H groups in total. The first kappa shape index (κ1) is 14.8. The number of nitrogens with zero attached hydrogens (tertiary/aromatic N) is 1. The van der Waals surface area contributed by atoms with E-state index in [2.05, 4.69) is 30.2 Å². The summed E-state index contributed by atoms with van der Waals surface area (Å²) in [5.74, 6) is 5.96. The van der Waals surface area contributed by atoms with E-state index in [4.69, 9.17) is 5.84 Å². The molecule has 1 aliphatic rings. The van der Waals surface area contributed by atoms with Crippen LogP contribution in [0, 0.1) is 5.92 Å². The molecule has 0 heterocycles. The van der Waals surface area contributed by atoms with E-state index in [1.165, 1.54) is 5.57 Å². The molecule has 0 bridgehead atoms. The van der Waals surface area contributed by atoms with Crippen LogP contribution in [0.5, 0.6) is 0 Å². The Hall–Kier alpha value is -1.61. The number of hydrogen-bond acceptors (Lipinski definition) is 3. The summed E-state index contributed by atoms with van der Waals surface area (Å²) in [6.45, 7) is 2.06. The highest BCUT2D eigenvalue weighted by Crippen LogP contribution is 2.30. The molecular formula is C17H24N2O. The number of allylic oxidation sites excluding steroid dienone is 2. The zero-order valence-electron chi connectivity index (χ0n) is 12.1. The van der Waals surface area contributed by atoms with Gasteiger partial charge in [0.1, 0.15) is 0 Å². The van der Waals surface area contributed by atoms with E-state index >= 15 is 0 Å². The molecule has 0 aliphatic heterocycles. The van der Waals surface area contributed by atoms with Gasteiger partial charge in [0, 0.05) is 5.92 Å². The van der Waals surface area contributed by atoms with Gasteiger partial charge in [-0.15, -0.1) is 0 Å². The number of aliphatic hydroxyl groups is 1. The molecule has 1 aromatic rings. The summed E-state index contributed by atoms with van der Waals surface area (Å²) < 4.78 is 0.